The molecule has 4 rings (SSSR count). The van der Waals surface area contributed by atoms with E-state index in [1.54, 1.807) is 0 Å². The van der Waals surface area contributed by atoms with Crippen LogP contribution in [0.4, 0.5) is 0 Å². The molecule has 0 spiro atoms. The topological polar surface area (TPSA) is 26.3 Å². The molecule has 36 heavy (non-hydrogen) atoms. The van der Waals surface area contributed by atoms with Gasteiger partial charge in [-0.1, -0.05) is 105 Å². The summed E-state index contributed by atoms with van der Waals surface area (Å²) in [7, 11) is 0. The molecule has 2 aromatic carbocycles. The van der Waals surface area contributed by atoms with Crippen molar-refractivity contribution < 1.29 is 9.53 Å². The highest BCUT2D eigenvalue weighted by atomic mass is 16.5. The van der Waals surface area contributed by atoms with Crippen LogP contribution in [0, 0.1) is 11.3 Å². The number of para-hydroxylation sites is 1. The molecule has 0 unspecified atom stereocenters. The quantitative estimate of drug-likeness (QED) is 0.318. The molecule has 0 amide bonds. The van der Waals surface area contributed by atoms with Crippen molar-refractivity contribution in [3.05, 3.63) is 64.2 Å². The van der Waals surface area contributed by atoms with Crippen molar-refractivity contribution in [3.8, 4) is 5.75 Å². The largest absolute Gasteiger partial charge is 0.425 e. The average Bonchev–Trinajstić information content (AvgIpc) is 2.77. The molecule has 0 radical (unpaired) electrons. The summed E-state index contributed by atoms with van der Waals surface area (Å²) in [6.45, 7) is 22.4. The summed E-state index contributed by atoms with van der Waals surface area (Å²) in [5, 5.41) is 0. The Morgan fingerprint density at radius 2 is 1.56 bits per heavy atom. The Hall–Kier alpha value is -2.09. The van der Waals surface area contributed by atoms with E-state index in [0.29, 0.717) is 5.92 Å². The first-order valence-corrected chi connectivity index (χ1v) is 14.1. The van der Waals surface area contributed by atoms with Gasteiger partial charge in [0.15, 0.2) is 0 Å². The van der Waals surface area contributed by atoms with Crippen molar-refractivity contribution in [3.63, 3.8) is 0 Å². The molecule has 0 saturated heterocycles. The summed E-state index contributed by atoms with van der Waals surface area (Å²) < 4.78 is 6.57. The van der Waals surface area contributed by atoms with E-state index in [0.717, 1.165) is 49.0 Å². The lowest BCUT2D eigenvalue weighted by atomic mass is 9.49. The minimum atomic E-state index is -0.498. The number of esters is 1. The third-order valence-electron chi connectivity index (χ3n) is 9.34. The lowest BCUT2D eigenvalue weighted by Gasteiger charge is -2.54. The highest BCUT2D eigenvalue weighted by molar-refractivity contribution is 5.81. The number of ether oxygens (including phenoxy) is 1. The summed E-state index contributed by atoms with van der Waals surface area (Å²) in [4.78, 5) is 14.3. The summed E-state index contributed by atoms with van der Waals surface area (Å²) in [6, 6.07) is 13.5. The first kappa shape index (κ1) is 27.0. The van der Waals surface area contributed by atoms with Crippen LogP contribution >= 0.6 is 0 Å². The maximum Gasteiger partial charge on any atom is 0.317 e. The highest BCUT2D eigenvalue weighted by Gasteiger charge is 2.56. The Balaban J connectivity index is 1.74. The number of rotatable bonds is 3. The van der Waals surface area contributed by atoms with Crippen LogP contribution in [-0.4, -0.2) is 5.97 Å². The van der Waals surface area contributed by atoms with Crippen LogP contribution in [0.15, 0.2) is 36.4 Å². The Bertz CT molecular complexity index is 1110. The second-order valence-electron chi connectivity index (χ2n) is 14.4. The maximum atomic E-state index is 14.3. The fourth-order valence-electron chi connectivity index (χ4n) is 7.15. The summed E-state index contributed by atoms with van der Waals surface area (Å²) in [5.41, 5.74) is 5.88. The zero-order chi connectivity index (χ0) is 26.7. The standard InChI is InChI=1S/C34H48O2/c1-22(2)23-15-17-25-24(21-23)16-18-28-33(25,9)19-12-20-34(28,10)30(35)36-29-26(31(3,4)5)13-11-14-27(29)32(6,7)8/h11,13-15,17,21-22,28H,12,16,18-20H2,1-10H3/t28-,33-,34-/m1/s1. The molecule has 0 aliphatic heterocycles. The van der Waals surface area contributed by atoms with Gasteiger partial charge in [-0.2, -0.15) is 0 Å². The lowest BCUT2D eigenvalue weighted by Crippen LogP contribution is -2.53. The zero-order valence-corrected chi connectivity index (χ0v) is 24.5. The highest BCUT2D eigenvalue weighted by Crippen LogP contribution is 2.58. The molecule has 2 aliphatic carbocycles. The van der Waals surface area contributed by atoms with Crippen LogP contribution in [0.25, 0.3) is 0 Å². The van der Waals surface area contributed by atoms with Crippen LogP contribution in [0.5, 0.6) is 5.75 Å². The van der Waals surface area contributed by atoms with Gasteiger partial charge < -0.3 is 4.74 Å². The van der Waals surface area contributed by atoms with E-state index < -0.39 is 5.41 Å². The monoisotopic (exact) mass is 488 g/mol. The number of carbonyl (C=O) groups is 1. The van der Waals surface area contributed by atoms with E-state index in [-0.39, 0.29) is 28.1 Å². The Morgan fingerprint density at radius 1 is 0.944 bits per heavy atom. The van der Waals surface area contributed by atoms with E-state index in [4.69, 9.17) is 4.74 Å². The molecular formula is C34H48O2. The van der Waals surface area contributed by atoms with Crippen molar-refractivity contribution in [1.82, 2.24) is 0 Å². The van der Waals surface area contributed by atoms with Crippen LogP contribution in [0.2, 0.25) is 0 Å². The van der Waals surface area contributed by atoms with E-state index in [1.165, 1.54) is 16.7 Å². The van der Waals surface area contributed by atoms with Gasteiger partial charge in [0, 0.05) is 11.1 Å². The SMILES string of the molecule is CC(C)c1ccc2c(c1)CC[C@H]1[C@](C)(C(=O)Oc3c(C(C)(C)C)cccc3C(C)(C)C)CCC[C@]21C. The second-order valence-corrected chi connectivity index (χ2v) is 14.4. The first-order chi connectivity index (χ1) is 16.6. The molecule has 2 nitrogen and oxygen atoms in total. The van der Waals surface area contributed by atoms with Gasteiger partial charge in [-0.15, -0.1) is 0 Å². The molecule has 0 aromatic heterocycles. The predicted octanol–water partition coefficient (Wildman–Crippen LogP) is 9.02. The maximum absolute atomic E-state index is 14.3. The minimum absolute atomic E-state index is 0.00547. The summed E-state index contributed by atoms with van der Waals surface area (Å²) in [6.07, 6.45) is 5.18. The van der Waals surface area contributed by atoms with Crippen LogP contribution < -0.4 is 4.74 Å². The molecule has 196 valence electrons. The molecule has 3 atom stereocenters. The fourth-order valence-corrected chi connectivity index (χ4v) is 7.15. The molecular weight excluding hydrogens is 440 g/mol. The molecule has 2 aromatic rings. The van der Waals surface area contributed by atoms with Gasteiger partial charge in [0.25, 0.3) is 0 Å². The molecule has 0 N–H and O–H groups in total. The third-order valence-corrected chi connectivity index (χ3v) is 9.34. The van der Waals surface area contributed by atoms with Crippen molar-refractivity contribution in [2.24, 2.45) is 11.3 Å². The van der Waals surface area contributed by atoms with Crippen molar-refractivity contribution in [1.29, 1.82) is 0 Å². The van der Waals surface area contributed by atoms with E-state index >= 15 is 0 Å². The number of hydrogen-bond acceptors (Lipinski definition) is 2. The molecule has 2 heteroatoms. The Morgan fingerprint density at radius 3 is 2.11 bits per heavy atom. The Kier molecular flexibility index (Phi) is 6.76. The number of aryl methyl sites for hydroxylation is 1. The van der Waals surface area contributed by atoms with E-state index in [2.05, 4.69) is 106 Å². The molecule has 1 fully saturated rings. The van der Waals surface area contributed by atoms with Crippen molar-refractivity contribution in [2.75, 3.05) is 0 Å². The average molecular weight is 489 g/mol. The van der Waals surface area contributed by atoms with Crippen molar-refractivity contribution >= 4 is 5.97 Å². The van der Waals surface area contributed by atoms with Crippen LogP contribution in [0.1, 0.15) is 129 Å². The number of hydrogen-bond donors (Lipinski definition) is 0. The summed E-state index contributed by atoms with van der Waals surface area (Å²) in [5.74, 6) is 1.56. The minimum Gasteiger partial charge on any atom is -0.425 e. The first-order valence-electron chi connectivity index (χ1n) is 14.1. The number of fused-ring (bicyclic) bond motifs is 3. The molecule has 2 aliphatic rings. The molecule has 1 saturated carbocycles. The third kappa shape index (κ3) is 4.54. The van der Waals surface area contributed by atoms with Gasteiger partial charge >= 0.3 is 5.97 Å². The van der Waals surface area contributed by atoms with E-state index in [9.17, 15) is 4.79 Å². The number of carbonyl (C=O) groups excluding carboxylic acids is 1. The van der Waals surface area contributed by atoms with Gasteiger partial charge in [0.05, 0.1) is 5.41 Å². The van der Waals surface area contributed by atoms with Gasteiger partial charge in [-0.25, -0.2) is 0 Å². The molecule has 0 bridgehead atoms. The summed E-state index contributed by atoms with van der Waals surface area (Å²) >= 11 is 0. The fraction of sp³-hybridized carbons (Fsp3) is 0.618. The van der Waals surface area contributed by atoms with Gasteiger partial charge in [-0.3, -0.25) is 4.79 Å². The molecule has 0 heterocycles. The van der Waals surface area contributed by atoms with Crippen molar-refractivity contribution in [2.45, 2.75) is 124 Å². The lowest BCUT2D eigenvalue weighted by molar-refractivity contribution is -0.154. The number of benzene rings is 2. The van der Waals surface area contributed by atoms with Gasteiger partial charge in [0.1, 0.15) is 5.75 Å². The zero-order valence-electron chi connectivity index (χ0n) is 24.5. The predicted molar refractivity (Wildman–Crippen MR) is 151 cm³/mol. The van der Waals surface area contributed by atoms with Crippen LogP contribution in [0.3, 0.4) is 0 Å². The normalized spacial score (nSPS) is 26.4. The van der Waals surface area contributed by atoms with E-state index in [1.807, 2.05) is 0 Å². The van der Waals surface area contributed by atoms with Gasteiger partial charge in [0.2, 0.25) is 0 Å². The van der Waals surface area contributed by atoms with Gasteiger partial charge in [-0.05, 0) is 77.4 Å². The second kappa shape index (κ2) is 9.03. The van der Waals surface area contributed by atoms with Crippen LogP contribution in [-0.2, 0) is 27.5 Å². The smallest absolute Gasteiger partial charge is 0.317 e. The Labute approximate surface area is 220 Å².